The van der Waals surface area contributed by atoms with E-state index in [0.29, 0.717) is 11.4 Å². The number of carbonyl (C=O) groups is 1. The van der Waals surface area contributed by atoms with Gasteiger partial charge in [0.1, 0.15) is 0 Å². The monoisotopic (exact) mass is 203 g/mol. The first-order valence-electron chi connectivity index (χ1n) is 4.29. The predicted molar refractivity (Wildman–Crippen MR) is 54.9 cm³/mol. The van der Waals surface area contributed by atoms with Crippen molar-refractivity contribution in [2.45, 2.75) is 0 Å². The molecule has 0 bridgehead atoms. The van der Waals surface area contributed by atoms with Gasteiger partial charge in [-0.2, -0.15) is 0 Å². The Morgan fingerprint density at radius 3 is 2.80 bits per heavy atom. The summed E-state index contributed by atoms with van der Waals surface area (Å²) in [5.41, 5.74) is 6.87. The normalized spacial score (nSPS) is 10.1. The Kier molecular flexibility index (Phi) is 2.13. The van der Waals surface area contributed by atoms with Crippen LogP contribution in [0.2, 0.25) is 0 Å². The third kappa shape index (κ3) is 1.80. The lowest BCUT2D eigenvalue weighted by atomic mass is 10.2. The largest absolute Gasteiger partial charge is 0.478 e. The number of carboxylic acid groups (broad SMARTS) is 1. The number of nitrogens with two attached hydrogens (primary N) is 1. The fourth-order valence-electron chi connectivity index (χ4n) is 1.32. The second-order valence-electron chi connectivity index (χ2n) is 3.09. The lowest BCUT2D eigenvalue weighted by molar-refractivity contribution is 0.0697. The number of anilines is 1. The molecule has 0 aliphatic carbocycles. The Labute approximate surface area is 85.8 Å². The lowest BCUT2D eigenvalue weighted by Crippen LogP contribution is -2.01. The molecule has 3 N–H and O–H groups in total. The van der Waals surface area contributed by atoms with E-state index in [4.69, 9.17) is 10.8 Å². The highest BCUT2D eigenvalue weighted by molar-refractivity contribution is 5.89. The number of aromatic carboxylic acids is 1. The van der Waals surface area contributed by atoms with Crippen molar-refractivity contribution in [2.75, 3.05) is 5.73 Å². The average molecular weight is 203 g/mol. The van der Waals surface area contributed by atoms with Gasteiger partial charge in [0.2, 0.25) is 0 Å². The molecule has 0 radical (unpaired) electrons. The average Bonchev–Trinajstić information content (AvgIpc) is 2.69. The van der Waals surface area contributed by atoms with Crippen LogP contribution in [-0.4, -0.2) is 20.6 Å². The van der Waals surface area contributed by atoms with Crippen molar-refractivity contribution in [1.82, 2.24) is 9.55 Å². The van der Waals surface area contributed by atoms with Crippen molar-refractivity contribution < 1.29 is 9.90 Å². The summed E-state index contributed by atoms with van der Waals surface area (Å²) in [5.74, 6) is -0.997. The smallest absolute Gasteiger partial charge is 0.335 e. The van der Waals surface area contributed by atoms with Crippen molar-refractivity contribution >= 4 is 11.7 Å². The molecule has 2 aromatic rings. The number of benzene rings is 1. The first-order valence-corrected chi connectivity index (χ1v) is 4.29. The minimum absolute atomic E-state index is 0.165. The number of hydrogen-bond donors (Lipinski definition) is 2. The van der Waals surface area contributed by atoms with Gasteiger partial charge in [-0.3, -0.25) is 0 Å². The summed E-state index contributed by atoms with van der Waals surface area (Å²) in [6, 6.07) is 4.65. The van der Waals surface area contributed by atoms with E-state index >= 15 is 0 Å². The first kappa shape index (κ1) is 9.26. The van der Waals surface area contributed by atoms with Crippen LogP contribution in [0.25, 0.3) is 5.69 Å². The maximum atomic E-state index is 10.8. The summed E-state index contributed by atoms with van der Waals surface area (Å²) in [6.07, 6.45) is 4.92. The summed E-state index contributed by atoms with van der Waals surface area (Å²) in [5, 5.41) is 8.85. The Hall–Kier alpha value is -2.30. The van der Waals surface area contributed by atoms with Crippen molar-refractivity contribution in [3.8, 4) is 5.69 Å². The highest BCUT2D eigenvalue weighted by Gasteiger charge is 2.06. The second kappa shape index (κ2) is 3.45. The molecular formula is C10H9N3O2. The molecular weight excluding hydrogens is 194 g/mol. The second-order valence-corrected chi connectivity index (χ2v) is 3.09. The van der Waals surface area contributed by atoms with Crippen molar-refractivity contribution in [3.63, 3.8) is 0 Å². The number of nitrogens with zero attached hydrogens (tertiary/aromatic N) is 2. The number of nitrogen functional groups attached to an aromatic ring is 1. The van der Waals surface area contributed by atoms with E-state index in [9.17, 15) is 4.79 Å². The molecule has 0 saturated heterocycles. The van der Waals surface area contributed by atoms with Gasteiger partial charge in [0.05, 0.1) is 11.9 Å². The maximum Gasteiger partial charge on any atom is 0.335 e. The zero-order chi connectivity index (χ0) is 10.8. The SMILES string of the molecule is Nc1cc(C(=O)O)cc(-n2ccnc2)c1. The molecule has 0 amide bonds. The number of carboxylic acids is 1. The standard InChI is InChI=1S/C10H9N3O2/c11-8-3-7(10(14)15)4-9(5-8)13-2-1-12-6-13/h1-6H,11H2,(H,14,15). The van der Waals surface area contributed by atoms with Crippen molar-refractivity contribution in [2.24, 2.45) is 0 Å². The van der Waals surface area contributed by atoms with Crippen LogP contribution in [0.5, 0.6) is 0 Å². The number of aromatic nitrogens is 2. The van der Waals surface area contributed by atoms with Crippen LogP contribution in [0.4, 0.5) is 5.69 Å². The van der Waals surface area contributed by atoms with Crippen molar-refractivity contribution in [3.05, 3.63) is 42.5 Å². The van der Waals surface area contributed by atoms with Crippen LogP contribution in [0, 0.1) is 0 Å². The molecule has 1 aromatic carbocycles. The Morgan fingerprint density at radius 1 is 1.40 bits per heavy atom. The zero-order valence-corrected chi connectivity index (χ0v) is 7.79. The van der Waals surface area contributed by atoms with Gasteiger partial charge in [0, 0.05) is 23.8 Å². The van der Waals surface area contributed by atoms with Gasteiger partial charge in [0.15, 0.2) is 0 Å². The van der Waals surface area contributed by atoms with Gasteiger partial charge in [-0.05, 0) is 18.2 Å². The summed E-state index contributed by atoms with van der Waals surface area (Å²) in [6.45, 7) is 0. The third-order valence-corrected chi connectivity index (χ3v) is 1.99. The van der Waals surface area contributed by atoms with Crippen LogP contribution in [0.1, 0.15) is 10.4 Å². The Balaban J connectivity index is 2.54. The van der Waals surface area contributed by atoms with E-state index in [0.717, 1.165) is 0 Å². The van der Waals surface area contributed by atoms with Crippen LogP contribution in [0.15, 0.2) is 36.9 Å². The zero-order valence-electron chi connectivity index (χ0n) is 7.79. The maximum absolute atomic E-state index is 10.8. The molecule has 0 spiro atoms. The van der Waals surface area contributed by atoms with E-state index in [-0.39, 0.29) is 5.56 Å². The molecule has 0 unspecified atom stereocenters. The molecule has 1 aromatic heterocycles. The molecule has 0 aliphatic rings. The highest BCUT2D eigenvalue weighted by atomic mass is 16.4. The minimum Gasteiger partial charge on any atom is -0.478 e. The Bertz CT molecular complexity index is 491. The summed E-state index contributed by atoms with van der Waals surface area (Å²) >= 11 is 0. The molecule has 0 atom stereocenters. The van der Waals surface area contributed by atoms with Crippen LogP contribution in [-0.2, 0) is 0 Å². The van der Waals surface area contributed by atoms with E-state index in [2.05, 4.69) is 4.98 Å². The molecule has 15 heavy (non-hydrogen) atoms. The van der Waals surface area contributed by atoms with E-state index in [1.165, 1.54) is 6.07 Å². The lowest BCUT2D eigenvalue weighted by Gasteiger charge is -2.05. The summed E-state index contributed by atoms with van der Waals surface area (Å²) in [7, 11) is 0. The molecule has 0 fully saturated rings. The van der Waals surface area contributed by atoms with Crippen LogP contribution < -0.4 is 5.73 Å². The Morgan fingerprint density at radius 2 is 2.20 bits per heavy atom. The molecule has 5 heteroatoms. The topological polar surface area (TPSA) is 81.1 Å². The van der Waals surface area contributed by atoms with Gasteiger partial charge >= 0.3 is 5.97 Å². The highest BCUT2D eigenvalue weighted by Crippen LogP contribution is 2.15. The minimum atomic E-state index is -0.997. The summed E-state index contributed by atoms with van der Waals surface area (Å²) < 4.78 is 1.70. The molecule has 0 saturated carbocycles. The molecule has 2 rings (SSSR count). The fraction of sp³-hybridized carbons (Fsp3) is 0. The molecule has 76 valence electrons. The van der Waals surface area contributed by atoms with Crippen LogP contribution >= 0.6 is 0 Å². The third-order valence-electron chi connectivity index (χ3n) is 1.99. The van der Waals surface area contributed by atoms with Gasteiger partial charge in [-0.1, -0.05) is 0 Å². The van der Waals surface area contributed by atoms with Gasteiger partial charge in [-0.25, -0.2) is 9.78 Å². The van der Waals surface area contributed by atoms with Gasteiger partial charge < -0.3 is 15.4 Å². The molecule has 0 aliphatic heterocycles. The number of imidazole rings is 1. The van der Waals surface area contributed by atoms with Crippen molar-refractivity contribution in [1.29, 1.82) is 0 Å². The molecule has 5 nitrogen and oxygen atoms in total. The van der Waals surface area contributed by atoms with E-state index in [1.807, 2.05) is 0 Å². The quantitative estimate of drug-likeness (QED) is 0.717. The van der Waals surface area contributed by atoms with Gasteiger partial charge in [0.25, 0.3) is 0 Å². The van der Waals surface area contributed by atoms with Crippen LogP contribution in [0.3, 0.4) is 0 Å². The van der Waals surface area contributed by atoms with E-state index < -0.39 is 5.97 Å². The number of hydrogen-bond acceptors (Lipinski definition) is 3. The molecule has 1 heterocycles. The first-order chi connectivity index (χ1) is 7.16. The van der Waals surface area contributed by atoms with Gasteiger partial charge in [-0.15, -0.1) is 0 Å². The van der Waals surface area contributed by atoms with E-state index in [1.54, 1.807) is 35.4 Å². The fourth-order valence-corrected chi connectivity index (χ4v) is 1.32. The summed E-state index contributed by atoms with van der Waals surface area (Å²) in [4.78, 5) is 14.7. The predicted octanol–water partition coefficient (Wildman–Crippen LogP) is 1.15. The number of rotatable bonds is 2.